The number of halogens is 2. The van der Waals surface area contributed by atoms with Crippen LogP contribution in [0.25, 0.3) is 0 Å². The number of hydrogen-bond donors (Lipinski definition) is 1. The van der Waals surface area contributed by atoms with E-state index in [1.54, 1.807) is 11.0 Å². The van der Waals surface area contributed by atoms with E-state index in [9.17, 15) is 18.4 Å². The fraction of sp³-hybridized carbons (Fsp3) is 0.294. The number of nitrogens with one attached hydrogen (secondary N) is 1. The van der Waals surface area contributed by atoms with E-state index in [0.29, 0.717) is 31.5 Å². The predicted octanol–water partition coefficient (Wildman–Crippen LogP) is 2.59. The van der Waals surface area contributed by atoms with Crippen molar-refractivity contribution in [2.24, 2.45) is 0 Å². The van der Waals surface area contributed by atoms with Crippen LogP contribution in [0.1, 0.15) is 33.6 Å². The Hall–Kier alpha value is -2.70. The van der Waals surface area contributed by atoms with Crippen molar-refractivity contribution in [2.75, 3.05) is 13.1 Å². The van der Waals surface area contributed by atoms with Gasteiger partial charge in [-0.25, -0.2) is 8.78 Å². The summed E-state index contributed by atoms with van der Waals surface area (Å²) in [6.07, 6.45) is 3.93. The molecule has 2 aromatic rings. The quantitative estimate of drug-likeness (QED) is 0.938. The number of nitrogens with zero attached hydrogens (tertiary/aromatic N) is 1. The number of furan rings is 1. The van der Waals surface area contributed by atoms with Crippen molar-refractivity contribution >= 4 is 11.8 Å². The monoisotopic (exact) mass is 334 g/mol. The van der Waals surface area contributed by atoms with Crippen LogP contribution in [0.15, 0.2) is 41.2 Å². The van der Waals surface area contributed by atoms with Gasteiger partial charge in [-0.15, -0.1) is 0 Å². The maximum absolute atomic E-state index is 13.6. The van der Waals surface area contributed by atoms with Crippen molar-refractivity contribution in [1.82, 2.24) is 10.2 Å². The maximum atomic E-state index is 13.6. The summed E-state index contributed by atoms with van der Waals surface area (Å²) in [4.78, 5) is 25.9. The third kappa shape index (κ3) is 3.45. The van der Waals surface area contributed by atoms with Crippen LogP contribution in [-0.4, -0.2) is 35.8 Å². The number of amides is 2. The number of likely N-dealkylation sites (tertiary alicyclic amines) is 1. The van der Waals surface area contributed by atoms with Gasteiger partial charge in [-0.2, -0.15) is 0 Å². The Labute approximate surface area is 137 Å². The minimum absolute atomic E-state index is 0.121. The highest BCUT2D eigenvalue weighted by atomic mass is 19.1. The average Bonchev–Trinajstić information content (AvgIpc) is 3.11. The van der Waals surface area contributed by atoms with Gasteiger partial charge in [0.15, 0.2) is 0 Å². The zero-order chi connectivity index (χ0) is 17.1. The molecule has 24 heavy (non-hydrogen) atoms. The van der Waals surface area contributed by atoms with Gasteiger partial charge in [-0.3, -0.25) is 9.59 Å². The summed E-state index contributed by atoms with van der Waals surface area (Å²) in [5.74, 6) is -2.19. The van der Waals surface area contributed by atoms with Gasteiger partial charge in [0.1, 0.15) is 17.9 Å². The van der Waals surface area contributed by atoms with Crippen molar-refractivity contribution < 1.29 is 22.8 Å². The highest BCUT2D eigenvalue weighted by Gasteiger charge is 2.26. The van der Waals surface area contributed by atoms with E-state index in [1.165, 1.54) is 12.5 Å². The number of piperidine rings is 1. The van der Waals surface area contributed by atoms with Gasteiger partial charge in [0.05, 0.1) is 17.4 Å². The SMILES string of the molecule is O=C(NC1CCN(C(=O)c2ccoc2)CC1)c1cc(F)ccc1F. The molecule has 0 unspecified atom stereocenters. The molecule has 0 aliphatic carbocycles. The summed E-state index contributed by atoms with van der Waals surface area (Å²) in [5, 5.41) is 2.70. The average molecular weight is 334 g/mol. The molecule has 7 heteroatoms. The van der Waals surface area contributed by atoms with Crippen molar-refractivity contribution in [2.45, 2.75) is 18.9 Å². The number of carbonyl (C=O) groups is 2. The first kappa shape index (κ1) is 16.2. The maximum Gasteiger partial charge on any atom is 0.257 e. The van der Waals surface area contributed by atoms with Gasteiger partial charge >= 0.3 is 0 Å². The third-order valence-electron chi connectivity index (χ3n) is 4.06. The summed E-state index contributed by atoms with van der Waals surface area (Å²) >= 11 is 0. The second-order valence-electron chi connectivity index (χ2n) is 5.68. The fourth-order valence-corrected chi connectivity index (χ4v) is 2.73. The summed E-state index contributed by atoms with van der Waals surface area (Å²) < 4.78 is 31.7. The van der Waals surface area contributed by atoms with Crippen LogP contribution in [0, 0.1) is 11.6 Å². The Kier molecular flexibility index (Phi) is 4.59. The van der Waals surface area contributed by atoms with Gasteiger partial charge in [0.2, 0.25) is 0 Å². The molecule has 0 atom stereocenters. The normalized spacial score (nSPS) is 15.3. The van der Waals surface area contributed by atoms with E-state index in [2.05, 4.69) is 5.32 Å². The van der Waals surface area contributed by atoms with Gasteiger partial charge < -0.3 is 14.6 Å². The lowest BCUT2D eigenvalue weighted by Crippen LogP contribution is -2.46. The molecule has 0 bridgehead atoms. The molecule has 1 aliphatic heterocycles. The van der Waals surface area contributed by atoms with E-state index in [0.717, 1.165) is 18.2 Å². The molecule has 5 nitrogen and oxygen atoms in total. The van der Waals surface area contributed by atoms with E-state index >= 15 is 0 Å². The lowest BCUT2D eigenvalue weighted by Gasteiger charge is -2.32. The molecule has 1 aliphatic rings. The van der Waals surface area contributed by atoms with E-state index in [4.69, 9.17) is 4.42 Å². The number of benzene rings is 1. The predicted molar refractivity (Wildman–Crippen MR) is 81.5 cm³/mol. The highest BCUT2D eigenvalue weighted by Crippen LogP contribution is 2.16. The first-order chi connectivity index (χ1) is 11.5. The van der Waals surface area contributed by atoms with Crippen molar-refractivity contribution in [1.29, 1.82) is 0 Å². The largest absolute Gasteiger partial charge is 0.472 e. The number of hydrogen-bond acceptors (Lipinski definition) is 3. The zero-order valence-electron chi connectivity index (χ0n) is 12.8. The van der Waals surface area contributed by atoms with Crippen LogP contribution in [0.4, 0.5) is 8.78 Å². The van der Waals surface area contributed by atoms with E-state index in [1.807, 2.05) is 0 Å². The van der Waals surface area contributed by atoms with E-state index < -0.39 is 17.5 Å². The van der Waals surface area contributed by atoms with Gasteiger partial charge in [-0.1, -0.05) is 0 Å². The molecule has 126 valence electrons. The van der Waals surface area contributed by atoms with Gasteiger partial charge in [0, 0.05) is 19.1 Å². The molecule has 3 rings (SSSR count). The fourth-order valence-electron chi connectivity index (χ4n) is 2.73. The van der Waals surface area contributed by atoms with Crippen molar-refractivity contribution in [3.05, 3.63) is 59.6 Å². The summed E-state index contributed by atoms with van der Waals surface area (Å²) in [6, 6.07) is 4.18. The standard InChI is InChI=1S/C17H16F2N2O3/c18-12-1-2-15(19)14(9-12)16(22)20-13-3-6-21(7-4-13)17(23)11-5-8-24-10-11/h1-2,5,8-10,13H,3-4,6-7H2,(H,20,22). The summed E-state index contributed by atoms with van der Waals surface area (Å²) in [6.45, 7) is 0.946. The van der Waals surface area contributed by atoms with Gasteiger partial charge in [0.25, 0.3) is 11.8 Å². The van der Waals surface area contributed by atoms with Crippen LogP contribution in [0.3, 0.4) is 0 Å². The molecular weight excluding hydrogens is 318 g/mol. The zero-order valence-corrected chi connectivity index (χ0v) is 12.8. The number of carbonyl (C=O) groups excluding carboxylic acids is 2. The Bertz CT molecular complexity index is 738. The van der Waals surface area contributed by atoms with Crippen LogP contribution in [0.2, 0.25) is 0 Å². The van der Waals surface area contributed by atoms with Crippen LogP contribution in [-0.2, 0) is 0 Å². The van der Waals surface area contributed by atoms with Crippen LogP contribution >= 0.6 is 0 Å². The van der Waals surface area contributed by atoms with Crippen molar-refractivity contribution in [3.63, 3.8) is 0 Å². The molecule has 2 amide bonds. The highest BCUT2D eigenvalue weighted by molar-refractivity contribution is 5.95. The molecule has 0 saturated carbocycles. The second kappa shape index (κ2) is 6.82. The molecule has 1 aromatic carbocycles. The van der Waals surface area contributed by atoms with Crippen LogP contribution < -0.4 is 5.32 Å². The lowest BCUT2D eigenvalue weighted by molar-refractivity contribution is 0.0697. The lowest BCUT2D eigenvalue weighted by atomic mass is 10.0. The van der Waals surface area contributed by atoms with E-state index in [-0.39, 0.29) is 17.5 Å². The first-order valence-electron chi connectivity index (χ1n) is 7.62. The summed E-state index contributed by atoms with van der Waals surface area (Å²) in [7, 11) is 0. The molecular formula is C17H16F2N2O3. The molecule has 2 heterocycles. The second-order valence-corrected chi connectivity index (χ2v) is 5.68. The minimum Gasteiger partial charge on any atom is -0.472 e. The third-order valence-corrected chi connectivity index (χ3v) is 4.06. The molecule has 1 N–H and O–H groups in total. The topological polar surface area (TPSA) is 62.6 Å². The van der Waals surface area contributed by atoms with Crippen molar-refractivity contribution in [3.8, 4) is 0 Å². The van der Waals surface area contributed by atoms with Crippen LogP contribution in [0.5, 0.6) is 0 Å². The Morgan fingerprint density at radius 2 is 1.92 bits per heavy atom. The Morgan fingerprint density at radius 3 is 2.58 bits per heavy atom. The first-order valence-corrected chi connectivity index (χ1v) is 7.62. The summed E-state index contributed by atoms with van der Waals surface area (Å²) in [5.41, 5.74) is 0.172. The molecule has 1 fully saturated rings. The molecule has 0 spiro atoms. The minimum atomic E-state index is -0.763. The molecule has 1 aromatic heterocycles. The molecule has 1 saturated heterocycles. The number of rotatable bonds is 3. The Balaban J connectivity index is 1.56. The Morgan fingerprint density at radius 1 is 1.17 bits per heavy atom. The van der Waals surface area contributed by atoms with Gasteiger partial charge in [-0.05, 0) is 37.1 Å². The molecule has 0 radical (unpaired) electrons. The smallest absolute Gasteiger partial charge is 0.257 e.